The number of rotatable bonds is 10. The average Bonchev–Trinajstić information content (AvgIpc) is 0.987. The third-order valence-corrected chi connectivity index (χ3v) is 16.1. The van der Waals surface area contributed by atoms with E-state index in [-0.39, 0.29) is 22.5 Å². The zero-order chi connectivity index (χ0) is 66.7. The number of nitrogens with one attached hydrogen (secondary N) is 1. The van der Waals surface area contributed by atoms with Gasteiger partial charge in [-0.05, 0) is 87.5 Å². The number of Topliss-reactive ketones (excluding diaryl/α,β-unsaturated/α-hetero) is 2. The van der Waals surface area contributed by atoms with E-state index >= 15 is 0 Å². The smallest absolute Gasteiger partial charge is 0.218 e. The van der Waals surface area contributed by atoms with E-state index in [1.54, 1.807) is 12.3 Å². The molecule has 3 N–H and O–H groups in total. The van der Waals surface area contributed by atoms with Crippen molar-refractivity contribution in [2.75, 3.05) is 12.3 Å². The van der Waals surface area contributed by atoms with E-state index in [1.807, 2.05) is 308 Å². The number of ketones is 2. The van der Waals surface area contributed by atoms with Gasteiger partial charge in [-0.1, -0.05) is 166 Å². The van der Waals surface area contributed by atoms with Crippen LogP contribution < -0.4 is 11.2 Å². The van der Waals surface area contributed by atoms with Gasteiger partial charge in [0.15, 0.2) is 17.0 Å². The second kappa shape index (κ2) is 28.5. The van der Waals surface area contributed by atoms with Gasteiger partial charge in [0, 0.05) is 124 Å². The SMILES string of the molecule is CC1(C)COC(c2ccccc2N)=N1.CCC(=O)c1ccc2nc(-c3ccccc3)cn2c1.CCC(=O)c1ccc2nc(-c3ccccc3)cn2c1.Cc1c(-c2ccc3nc(-c4ccccc4)cn3c2)[nH]c2ccccc2c1=O.[C-]#[N+]c1ccc2nc(-c3ccccc3)cn2c1. The van der Waals surface area contributed by atoms with Crippen molar-refractivity contribution in [3.8, 4) is 56.3 Å². The molecule has 0 saturated carbocycles. The summed E-state index contributed by atoms with van der Waals surface area (Å²) in [5, 5.41) is 0.717. The molecular weight excluding hydrogens is 1190 g/mol. The van der Waals surface area contributed by atoms with Crippen molar-refractivity contribution in [1.29, 1.82) is 0 Å². The van der Waals surface area contributed by atoms with Crippen LogP contribution in [0.3, 0.4) is 0 Å². The number of hydrogen-bond donors (Lipinski definition) is 2. The standard InChI is InChI=1S/C23H17N3O.2C16H14N2O.C14H9N3.C11H14N2O/c1-15-22(25-19-10-6-5-9-18(19)23(15)27)17-11-12-21-24-20(14-26(21)13-17)16-7-3-2-4-8-16;2*1-2-15(19)13-8-9-16-17-14(11-18(16)10-13)12-6-4-3-5-7-12;1-15-12-7-8-14-16-13(10-17(14)9-12)11-5-3-2-4-6-11;1-11(2)7-14-10(13-11)8-5-3-4-6-9(8)12/h2-14H,1H3,(H,25,27);2*3-11H,2H2,1H3;2-10H;3-6H,7,12H2,1-2H3. The number of ether oxygens (including phenoxy) is 1. The summed E-state index contributed by atoms with van der Waals surface area (Å²) < 4.78 is 13.2. The molecule has 0 radical (unpaired) electrons. The number of nitrogen functional groups attached to an aromatic ring is 1. The Morgan fingerprint density at radius 3 is 1.34 bits per heavy atom. The first-order valence-electron chi connectivity index (χ1n) is 31.5. The molecule has 0 fully saturated rings. The highest BCUT2D eigenvalue weighted by molar-refractivity contribution is 6.00. The predicted octanol–water partition coefficient (Wildman–Crippen LogP) is 17.4. The molecule has 15 aromatic rings. The van der Waals surface area contributed by atoms with Gasteiger partial charge in [-0.15, -0.1) is 0 Å². The Hall–Kier alpha value is -12.6. The van der Waals surface area contributed by atoms with Gasteiger partial charge in [0.1, 0.15) is 29.2 Å². The molecular formula is C80H68N12O4. The van der Waals surface area contributed by atoms with Crippen LogP contribution in [0.4, 0.5) is 11.4 Å². The lowest BCUT2D eigenvalue weighted by Gasteiger charge is -2.09. The lowest BCUT2D eigenvalue weighted by molar-refractivity contribution is 0.0980. The minimum Gasteiger partial charge on any atom is -0.475 e. The Morgan fingerprint density at radius 2 is 0.906 bits per heavy atom. The molecule has 1 aliphatic heterocycles. The summed E-state index contributed by atoms with van der Waals surface area (Å²) in [6, 6.07) is 70.5. The molecule has 0 saturated heterocycles. The topological polar surface area (TPSA) is 188 Å². The number of nitrogens with zero attached hydrogens (tertiary/aromatic N) is 10. The fourth-order valence-corrected chi connectivity index (χ4v) is 10.9. The van der Waals surface area contributed by atoms with E-state index in [1.165, 1.54) is 0 Å². The number of benzene rings is 6. The van der Waals surface area contributed by atoms with Crippen molar-refractivity contribution < 1.29 is 14.3 Å². The number of anilines is 1. The maximum Gasteiger partial charge on any atom is 0.218 e. The number of aliphatic imine (C=N–C) groups is 1. The van der Waals surface area contributed by atoms with Crippen LogP contribution in [0, 0.1) is 13.5 Å². The van der Waals surface area contributed by atoms with E-state index in [0.29, 0.717) is 42.1 Å². The minimum absolute atomic E-state index is 0.0649. The lowest BCUT2D eigenvalue weighted by Crippen LogP contribution is -2.17. The Labute approximate surface area is 554 Å². The second-order valence-electron chi connectivity index (χ2n) is 23.4. The maximum absolute atomic E-state index is 12.7. The Kier molecular flexibility index (Phi) is 18.9. The zero-order valence-electron chi connectivity index (χ0n) is 53.7. The van der Waals surface area contributed by atoms with Gasteiger partial charge in [0.25, 0.3) is 0 Å². The van der Waals surface area contributed by atoms with Crippen LogP contribution in [0.15, 0.2) is 278 Å². The van der Waals surface area contributed by atoms with E-state index < -0.39 is 0 Å². The molecule has 16 rings (SSSR count). The normalized spacial score (nSPS) is 12.0. The maximum atomic E-state index is 12.7. The molecule has 9 aromatic heterocycles. The molecule has 0 bridgehead atoms. The molecule has 0 aliphatic carbocycles. The van der Waals surface area contributed by atoms with Crippen molar-refractivity contribution in [1.82, 2.24) is 42.5 Å². The van der Waals surface area contributed by atoms with Gasteiger partial charge in [-0.25, -0.2) is 29.8 Å². The third-order valence-electron chi connectivity index (χ3n) is 16.1. The van der Waals surface area contributed by atoms with Crippen LogP contribution in [0.25, 0.3) is 94.6 Å². The van der Waals surface area contributed by atoms with Crippen LogP contribution in [0.5, 0.6) is 0 Å². The van der Waals surface area contributed by atoms with Gasteiger partial charge < -0.3 is 33.1 Å². The third kappa shape index (κ3) is 14.5. The number of imidazole rings is 4. The van der Waals surface area contributed by atoms with Crippen molar-refractivity contribution in [3.63, 3.8) is 0 Å². The molecule has 6 aromatic carbocycles. The van der Waals surface area contributed by atoms with Crippen molar-refractivity contribution in [2.45, 2.75) is 53.0 Å². The van der Waals surface area contributed by atoms with Gasteiger partial charge in [0.2, 0.25) is 11.6 Å². The summed E-state index contributed by atoms with van der Waals surface area (Å²) in [6.45, 7) is 17.3. The Morgan fingerprint density at radius 1 is 0.500 bits per heavy atom. The summed E-state index contributed by atoms with van der Waals surface area (Å²) in [6.07, 6.45) is 16.4. The van der Waals surface area contributed by atoms with E-state index in [2.05, 4.69) is 29.8 Å². The van der Waals surface area contributed by atoms with Crippen LogP contribution in [-0.2, 0) is 4.74 Å². The molecule has 16 nitrogen and oxygen atoms in total. The minimum atomic E-state index is -0.127. The van der Waals surface area contributed by atoms with Crippen LogP contribution in [0.2, 0.25) is 0 Å². The first kappa shape index (κ1) is 63.5. The molecule has 0 amide bonds. The molecule has 96 heavy (non-hydrogen) atoms. The summed E-state index contributed by atoms with van der Waals surface area (Å²) in [4.78, 5) is 65.8. The highest BCUT2D eigenvalue weighted by Crippen LogP contribution is 2.28. The molecule has 1 aliphatic rings. The van der Waals surface area contributed by atoms with Gasteiger partial charge in [0.05, 0.1) is 46.1 Å². The number of fused-ring (bicyclic) bond motifs is 5. The number of para-hydroxylation sites is 2. The van der Waals surface area contributed by atoms with E-state index in [0.717, 1.165) is 107 Å². The predicted molar refractivity (Wildman–Crippen MR) is 384 cm³/mol. The monoisotopic (exact) mass is 1260 g/mol. The number of carbonyl (C=O) groups is 2. The average molecular weight is 1260 g/mol. The molecule has 0 atom stereocenters. The highest BCUT2D eigenvalue weighted by atomic mass is 16.5. The van der Waals surface area contributed by atoms with Crippen LogP contribution in [0.1, 0.15) is 72.4 Å². The number of aromatic nitrogens is 9. The zero-order valence-corrected chi connectivity index (χ0v) is 53.7. The first-order valence-corrected chi connectivity index (χ1v) is 31.5. The Balaban J connectivity index is 0.000000117. The number of hydrogen-bond acceptors (Lipinski definition) is 10. The van der Waals surface area contributed by atoms with E-state index in [9.17, 15) is 14.4 Å². The number of pyridine rings is 5. The molecule has 10 heterocycles. The summed E-state index contributed by atoms with van der Waals surface area (Å²) >= 11 is 0. The number of aromatic amines is 1. The molecule has 472 valence electrons. The van der Waals surface area contributed by atoms with Gasteiger partial charge in [-0.3, -0.25) is 14.4 Å². The van der Waals surface area contributed by atoms with Crippen molar-refractivity contribution >= 4 is 62.3 Å². The number of carbonyl (C=O) groups excluding carboxylic acids is 2. The quantitative estimate of drug-likeness (QED) is 0.0763. The largest absolute Gasteiger partial charge is 0.475 e. The molecule has 0 unspecified atom stereocenters. The first-order chi connectivity index (χ1) is 46.7. The number of H-pyrrole nitrogens is 1. The fraction of sp³-hybridized carbons (Fsp3) is 0.113. The van der Waals surface area contributed by atoms with E-state index in [4.69, 9.17) is 22.0 Å². The van der Waals surface area contributed by atoms with Crippen LogP contribution in [-0.4, -0.2) is 72.1 Å². The summed E-state index contributed by atoms with van der Waals surface area (Å²) in [5.74, 6) is 0.960. The Bertz CT molecular complexity index is 5280. The van der Waals surface area contributed by atoms with Gasteiger partial charge in [-0.2, -0.15) is 0 Å². The molecule has 0 spiro atoms. The van der Waals surface area contributed by atoms with Crippen LogP contribution >= 0.6 is 0 Å². The van der Waals surface area contributed by atoms with Crippen molar-refractivity contribution in [3.05, 3.63) is 312 Å². The highest BCUT2D eigenvalue weighted by Gasteiger charge is 2.28. The lowest BCUT2D eigenvalue weighted by atomic mass is 10.1. The number of nitrogens with two attached hydrogens (primary N) is 1. The van der Waals surface area contributed by atoms with Gasteiger partial charge >= 0.3 is 0 Å². The summed E-state index contributed by atoms with van der Waals surface area (Å²) in [7, 11) is 0. The molecule has 16 heteroatoms. The fourth-order valence-electron chi connectivity index (χ4n) is 10.9. The van der Waals surface area contributed by atoms with Crippen molar-refractivity contribution in [2.24, 2.45) is 4.99 Å². The summed E-state index contributed by atoms with van der Waals surface area (Å²) in [5.41, 5.74) is 24.3. The second-order valence-corrected chi connectivity index (χ2v) is 23.4.